The third-order valence-corrected chi connectivity index (χ3v) is 6.68. The summed E-state index contributed by atoms with van der Waals surface area (Å²) < 4.78 is 0. The molecule has 4 rings (SSSR count). The van der Waals surface area contributed by atoms with Crippen LogP contribution in [-0.4, -0.2) is 41.5 Å². The van der Waals surface area contributed by atoms with Crippen molar-refractivity contribution >= 4 is 40.9 Å². The van der Waals surface area contributed by atoms with Crippen LogP contribution in [-0.2, 0) is 4.79 Å². The lowest BCUT2D eigenvalue weighted by Gasteiger charge is -2.15. The highest BCUT2D eigenvalue weighted by Crippen LogP contribution is 2.24. The number of hydrogen-bond donors (Lipinski definition) is 2. The normalized spacial score (nSPS) is 12.9. The Labute approximate surface area is 203 Å². The maximum Gasteiger partial charge on any atom is 0.256 e. The number of anilines is 2. The molecule has 1 saturated heterocycles. The Bertz CT molecular complexity index is 1170. The third-order valence-electron chi connectivity index (χ3n) is 5.61. The van der Waals surface area contributed by atoms with Gasteiger partial charge in [-0.2, -0.15) is 0 Å². The Kier molecular flexibility index (Phi) is 7.65. The molecule has 0 aliphatic carbocycles. The van der Waals surface area contributed by atoms with Crippen molar-refractivity contribution < 1.29 is 14.4 Å². The van der Waals surface area contributed by atoms with Crippen molar-refractivity contribution in [3.05, 3.63) is 89.5 Å². The van der Waals surface area contributed by atoms with Crippen LogP contribution in [0.2, 0.25) is 0 Å². The zero-order valence-corrected chi connectivity index (χ0v) is 19.9. The molecule has 0 aromatic heterocycles. The quantitative estimate of drug-likeness (QED) is 0.462. The first kappa shape index (κ1) is 23.6. The second-order valence-corrected chi connectivity index (χ2v) is 9.25. The number of thioether (sulfide) groups is 1. The molecule has 0 spiro atoms. The number of rotatable bonds is 7. The fourth-order valence-electron chi connectivity index (χ4n) is 3.75. The third kappa shape index (κ3) is 6.05. The molecule has 3 aromatic rings. The van der Waals surface area contributed by atoms with E-state index in [0.29, 0.717) is 16.8 Å². The van der Waals surface area contributed by atoms with E-state index in [9.17, 15) is 14.4 Å². The van der Waals surface area contributed by atoms with Gasteiger partial charge in [0.15, 0.2) is 0 Å². The Balaban J connectivity index is 1.36. The van der Waals surface area contributed by atoms with Crippen LogP contribution in [0.1, 0.15) is 39.1 Å². The average Bonchev–Trinajstić information content (AvgIpc) is 3.39. The summed E-state index contributed by atoms with van der Waals surface area (Å²) in [6.07, 6.45) is 2.09. The maximum atomic E-state index is 12.9. The molecule has 3 amide bonds. The number of aryl methyl sites for hydroxylation is 1. The summed E-state index contributed by atoms with van der Waals surface area (Å²) in [5, 5.41) is 5.76. The topological polar surface area (TPSA) is 78.5 Å². The molecule has 34 heavy (non-hydrogen) atoms. The molecule has 0 saturated carbocycles. The van der Waals surface area contributed by atoms with Crippen molar-refractivity contribution in [3.63, 3.8) is 0 Å². The summed E-state index contributed by atoms with van der Waals surface area (Å²) in [4.78, 5) is 40.4. The monoisotopic (exact) mass is 473 g/mol. The van der Waals surface area contributed by atoms with Crippen LogP contribution in [0.3, 0.4) is 0 Å². The molecular weight excluding hydrogens is 446 g/mol. The molecule has 2 N–H and O–H groups in total. The van der Waals surface area contributed by atoms with E-state index in [0.717, 1.165) is 42.1 Å². The van der Waals surface area contributed by atoms with E-state index in [2.05, 4.69) is 10.6 Å². The molecule has 1 aliphatic rings. The Morgan fingerprint density at radius 3 is 2.15 bits per heavy atom. The van der Waals surface area contributed by atoms with Crippen molar-refractivity contribution in [3.8, 4) is 0 Å². The van der Waals surface area contributed by atoms with Gasteiger partial charge in [0.2, 0.25) is 5.91 Å². The molecule has 1 fully saturated rings. The molecule has 3 aromatic carbocycles. The van der Waals surface area contributed by atoms with Crippen molar-refractivity contribution in [2.45, 2.75) is 24.7 Å². The summed E-state index contributed by atoms with van der Waals surface area (Å²) in [7, 11) is 0. The minimum Gasteiger partial charge on any atom is -0.339 e. The highest BCUT2D eigenvalue weighted by Gasteiger charge is 2.19. The van der Waals surface area contributed by atoms with E-state index >= 15 is 0 Å². The number of benzene rings is 3. The molecule has 0 atom stereocenters. The van der Waals surface area contributed by atoms with Gasteiger partial charge in [-0.05, 0) is 68.3 Å². The fraction of sp³-hybridized carbons (Fsp3) is 0.222. The zero-order chi connectivity index (χ0) is 23.9. The first-order chi connectivity index (χ1) is 16.5. The predicted molar refractivity (Wildman–Crippen MR) is 137 cm³/mol. The van der Waals surface area contributed by atoms with Gasteiger partial charge in [0.25, 0.3) is 11.8 Å². The molecule has 7 heteroatoms. The number of amides is 3. The van der Waals surface area contributed by atoms with Gasteiger partial charge < -0.3 is 15.5 Å². The van der Waals surface area contributed by atoms with Gasteiger partial charge in [-0.15, -0.1) is 11.8 Å². The van der Waals surface area contributed by atoms with Gasteiger partial charge >= 0.3 is 0 Å². The zero-order valence-electron chi connectivity index (χ0n) is 19.0. The van der Waals surface area contributed by atoms with E-state index in [1.165, 1.54) is 11.8 Å². The van der Waals surface area contributed by atoms with E-state index < -0.39 is 0 Å². The molecule has 174 valence electrons. The lowest BCUT2D eigenvalue weighted by Crippen LogP contribution is -2.27. The number of carbonyl (C=O) groups is 3. The molecule has 6 nitrogen and oxygen atoms in total. The molecule has 1 heterocycles. The fourth-order valence-corrected chi connectivity index (χ4v) is 4.60. The maximum absolute atomic E-state index is 12.9. The number of hydrogen-bond acceptors (Lipinski definition) is 4. The summed E-state index contributed by atoms with van der Waals surface area (Å²) in [5.74, 6) is -0.185. The van der Waals surface area contributed by atoms with Crippen LogP contribution < -0.4 is 10.6 Å². The summed E-state index contributed by atoms with van der Waals surface area (Å²) in [6, 6.07) is 21.8. The molecule has 0 radical (unpaired) electrons. The van der Waals surface area contributed by atoms with E-state index in [1.54, 1.807) is 36.4 Å². The lowest BCUT2D eigenvalue weighted by molar-refractivity contribution is -0.113. The van der Waals surface area contributed by atoms with Crippen LogP contribution in [0, 0.1) is 6.92 Å². The summed E-state index contributed by atoms with van der Waals surface area (Å²) >= 11 is 1.31. The molecular formula is C27H27N3O3S. The van der Waals surface area contributed by atoms with Crippen LogP contribution in [0.4, 0.5) is 11.4 Å². The Morgan fingerprint density at radius 1 is 0.824 bits per heavy atom. The summed E-state index contributed by atoms with van der Waals surface area (Å²) in [6.45, 7) is 3.59. The van der Waals surface area contributed by atoms with Gasteiger partial charge in [0.1, 0.15) is 0 Å². The smallest absolute Gasteiger partial charge is 0.256 e. The first-order valence-corrected chi connectivity index (χ1v) is 12.3. The van der Waals surface area contributed by atoms with Crippen LogP contribution in [0.25, 0.3) is 0 Å². The van der Waals surface area contributed by atoms with Crippen molar-refractivity contribution in [2.24, 2.45) is 0 Å². The van der Waals surface area contributed by atoms with Crippen molar-refractivity contribution in [2.75, 3.05) is 29.5 Å². The van der Waals surface area contributed by atoms with Crippen LogP contribution in [0.15, 0.2) is 77.7 Å². The highest BCUT2D eigenvalue weighted by atomic mass is 32.2. The van der Waals surface area contributed by atoms with Crippen LogP contribution in [0.5, 0.6) is 0 Å². The largest absolute Gasteiger partial charge is 0.339 e. The van der Waals surface area contributed by atoms with E-state index in [-0.39, 0.29) is 23.5 Å². The van der Waals surface area contributed by atoms with E-state index in [4.69, 9.17) is 0 Å². The number of nitrogens with one attached hydrogen (secondary N) is 2. The predicted octanol–water partition coefficient (Wildman–Crippen LogP) is 5.21. The highest BCUT2D eigenvalue weighted by molar-refractivity contribution is 8.00. The first-order valence-electron chi connectivity index (χ1n) is 11.3. The van der Waals surface area contributed by atoms with Gasteiger partial charge in [0, 0.05) is 34.9 Å². The van der Waals surface area contributed by atoms with Crippen molar-refractivity contribution in [1.29, 1.82) is 0 Å². The number of nitrogens with zero attached hydrogens (tertiary/aromatic N) is 1. The molecule has 0 unspecified atom stereocenters. The lowest BCUT2D eigenvalue weighted by atomic mass is 10.1. The standard InChI is InChI=1S/C27H27N3O3S/c1-19-8-12-21(13-9-19)28-25(31)18-34-24-7-3-2-6-23(24)26(32)29-22-14-10-20(11-15-22)27(33)30-16-4-5-17-30/h2-3,6-15H,4-5,16-18H2,1H3,(H,28,31)(H,29,32). The minimum absolute atomic E-state index is 0.0287. The Hall–Kier alpha value is -3.58. The SMILES string of the molecule is Cc1ccc(NC(=O)CSc2ccccc2C(=O)Nc2ccc(C(=O)N3CCCC3)cc2)cc1. The van der Waals surface area contributed by atoms with Crippen LogP contribution >= 0.6 is 11.8 Å². The van der Waals surface area contributed by atoms with Gasteiger partial charge in [0.05, 0.1) is 11.3 Å². The van der Waals surface area contributed by atoms with Crippen molar-refractivity contribution in [1.82, 2.24) is 4.90 Å². The van der Waals surface area contributed by atoms with Gasteiger partial charge in [-0.3, -0.25) is 14.4 Å². The second-order valence-electron chi connectivity index (χ2n) is 8.23. The summed E-state index contributed by atoms with van der Waals surface area (Å²) in [5.41, 5.74) is 3.59. The van der Waals surface area contributed by atoms with Gasteiger partial charge in [-0.25, -0.2) is 0 Å². The molecule has 1 aliphatic heterocycles. The van der Waals surface area contributed by atoms with E-state index in [1.807, 2.05) is 48.2 Å². The minimum atomic E-state index is -0.263. The second kappa shape index (κ2) is 11.0. The number of likely N-dealkylation sites (tertiary alicyclic amines) is 1. The van der Waals surface area contributed by atoms with Gasteiger partial charge in [-0.1, -0.05) is 29.8 Å². The Morgan fingerprint density at radius 2 is 1.44 bits per heavy atom. The molecule has 0 bridgehead atoms. The average molecular weight is 474 g/mol. The number of carbonyl (C=O) groups excluding carboxylic acids is 3.